The van der Waals surface area contributed by atoms with Crippen molar-refractivity contribution >= 4 is 35.7 Å². The molecule has 15 heavy (non-hydrogen) atoms. The zero-order valence-electron chi connectivity index (χ0n) is 10.0. The Hall–Kier alpha value is 0.449. The zero-order valence-corrected chi connectivity index (χ0v) is 13.5. The van der Waals surface area contributed by atoms with E-state index in [2.05, 4.69) is 25.7 Å². The Bertz CT molecular complexity index is 200. The van der Waals surface area contributed by atoms with Gasteiger partial charge in [-0.1, -0.05) is 0 Å². The quantitative estimate of drug-likeness (QED) is 0.358. The molecule has 0 fully saturated rings. The summed E-state index contributed by atoms with van der Waals surface area (Å²) < 4.78 is 1.17. The van der Waals surface area contributed by atoms with Crippen LogP contribution in [0, 0.1) is 0 Å². The third-order valence-corrected chi connectivity index (χ3v) is 6.22. The van der Waals surface area contributed by atoms with E-state index >= 15 is 0 Å². The van der Waals surface area contributed by atoms with E-state index in [0.29, 0.717) is 35.7 Å². The van der Waals surface area contributed by atoms with Crippen molar-refractivity contribution in [3.8, 4) is 0 Å². The normalized spacial score (nSPS) is 11.8. The number of Topliss-reactive ketones (excluding diaryl/α,β-unsaturated/α-hetero) is 1. The Kier molecular flexibility index (Phi) is 11.3. The minimum atomic E-state index is 0.431. The van der Waals surface area contributed by atoms with Crippen LogP contribution < -0.4 is 0 Å². The third kappa shape index (κ3) is 8.28. The van der Waals surface area contributed by atoms with Crippen LogP contribution in [0.25, 0.3) is 0 Å². The van der Waals surface area contributed by atoms with E-state index in [1.54, 1.807) is 0 Å². The average molecular weight is 340 g/mol. The van der Waals surface area contributed by atoms with Gasteiger partial charge in [0, 0.05) is 0 Å². The first-order chi connectivity index (χ1) is 7.26. The van der Waals surface area contributed by atoms with E-state index in [0.717, 1.165) is 18.2 Å². The van der Waals surface area contributed by atoms with Crippen LogP contribution in [0.15, 0.2) is 9.45 Å². The molecule has 0 aromatic heterocycles. The number of carbonyl (C=O) groups is 1. The molecule has 0 rings (SSSR count). The number of rotatable bonds is 9. The number of unbranched alkanes of at least 4 members (excludes halogenated alkanes) is 2. The summed E-state index contributed by atoms with van der Waals surface area (Å²) in [6.07, 6.45) is 4.24. The molecule has 0 aromatic rings. The molecular formula is C12H22OSe2. The van der Waals surface area contributed by atoms with Gasteiger partial charge < -0.3 is 0 Å². The fourth-order valence-electron chi connectivity index (χ4n) is 1.15. The third-order valence-electron chi connectivity index (χ3n) is 1.94. The summed E-state index contributed by atoms with van der Waals surface area (Å²) in [5.41, 5.74) is 0. The predicted molar refractivity (Wildman–Crippen MR) is 69.7 cm³/mol. The van der Waals surface area contributed by atoms with Crippen molar-refractivity contribution in [2.75, 3.05) is 0 Å². The Morgan fingerprint density at radius 3 is 2.40 bits per heavy atom. The van der Waals surface area contributed by atoms with Crippen LogP contribution in [0.2, 0.25) is 10.6 Å². The van der Waals surface area contributed by atoms with Crippen LogP contribution in [-0.4, -0.2) is 35.7 Å². The zero-order chi connectivity index (χ0) is 11.5. The molecule has 0 heterocycles. The molecule has 0 aliphatic carbocycles. The van der Waals surface area contributed by atoms with E-state index in [9.17, 15) is 4.79 Å². The molecule has 0 amide bonds. The molecular weight excluding hydrogens is 318 g/mol. The molecule has 0 unspecified atom stereocenters. The summed E-state index contributed by atoms with van der Waals surface area (Å²) in [7, 11) is 0. The molecule has 1 nitrogen and oxygen atoms in total. The van der Waals surface area contributed by atoms with Crippen molar-refractivity contribution in [2.45, 2.75) is 57.1 Å². The van der Waals surface area contributed by atoms with Crippen molar-refractivity contribution in [2.24, 2.45) is 0 Å². The van der Waals surface area contributed by atoms with E-state index < -0.39 is 0 Å². The van der Waals surface area contributed by atoms with Crippen LogP contribution >= 0.6 is 0 Å². The average Bonchev–Trinajstić information content (AvgIpc) is 2.24. The molecule has 0 aliphatic rings. The Morgan fingerprint density at radius 2 is 1.87 bits per heavy atom. The van der Waals surface area contributed by atoms with Gasteiger partial charge in [-0.25, -0.2) is 0 Å². The first kappa shape index (κ1) is 15.4. The summed E-state index contributed by atoms with van der Waals surface area (Å²) in [5, 5.41) is 2.36. The summed E-state index contributed by atoms with van der Waals surface area (Å²) in [4.78, 5) is 14.1. The Labute approximate surface area is 107 Å². The first-order valence-electron chi connectivity index (χ1n) is 5.73. The van der Waals surface area contributed by atoms with Crippen molar-refractivity contribution in [1.29, 1.82) is 0 Å². The van der Waals surface area contributed by atoms with Crippen molar-refractivity contribution < 1.29 is 4.79 Å². The number of carbonyl (C=O) groups excluding carboxylic acids is 1. The number of ketones is 1. The van der Waals surface area contributed by atoms with Crippen molar-refractivity contribution in [1.82, 2.24) is 0 Å². The standard InChI is InChI=1S/C12H22OSe2/c1-4-7-8-9-11(13)12(15-6-3)10-14-5-2/h10H,4-9H2,1-3H3/b12-10-. The van der Waals surface area contributed by atoms with Gasteiger partial charge in [-0.05, 0) is 0 Å². The van der Waals surface area contributed by atoms with E-state index in [-0.39, 0.29) is 0 Å². The number of hydrogen-bond acceptors (Lipinski definition) is 1. The summed E-state index contributed by atoms with van der Waals surface area (Å²) in [6, 6.07) is 0. The van der Waals surface area contributed by atoms with Gasteiger partial charge in [-0.2, -0.15) is 0 Å². The summed E-state index contributed by atoms with van der Waals surface area (Å²) >= 11 is 0.979. The maximum atomic E-state index is 11.9. The van der Waals surface area contributed by atoms with Gasteiger partial charge in [-0.3, -0.25) is 0 Å². The molecule has 0 aliphatic heterocycles. The summed E-state index contributed by atoms with van der Waals surface area (Å²) in [5.74, 6) is 0.431. The van der Waals surface area contributed by atoms with E-state index in [1.165, 1.54) is 22.6 Å². The molecule has 0 saturated heterocycles. The Morgan fingerprint density at radius 1 is 1.13 bits per heavy atom. The summed E-state index contributed by atoms with van der Waals surface area (Å²) in [6.45, 7) is 6.54. The first-order valence-corrected chi connectivity index (χ1v) is 10.0. The van der Waals surface area contributed by atoms with Gasteiger partial charge in [0.25, 0.3) is 0 Å². The molecule has 0 spiro atoms. The van der Waals surface area contributed by atoms with Crippen LogP contribution in [0.1, 0.15) is 46.5 Å². The van der Waals surface area contributed by atoms with Gasteiger partial charge in [0.15, 0.2) is 0 Å². The molecule has 0 radical (unpaired) electrons. The van der Waals surface area contributed by atoms with Crippen LogP contribution in [-0.2, 0) is 4.79 Å². The predicted octanol–water partition coefficient (Wildman–Crippen LogP) is 3.26. The van der Waals surface area contributed by atoms with Gasteiger partial charge in [-0.15, -0.1) is 0 Å². The number of hydrogen-bond donors (Lipinski definition) is 0. The van der Waals surface area contributed by atoms with Gasteiger partial charge in [0.2, 0.25) is 0 Å². The van der Waals surface area contributed by atoms with Crippen LogP contribution in [0.5, 0.6) is 0 Å². The van der Waals surface area contributed by atoms with Crippen LogP contribution in [0.4, 0.5) is 0 Å². The molecule has 0 saturated carbocycles. The molecule has 0 atom stereocenters. The topological polar surface area (TPSA) is 17.1 Å². The second kappa shape index (κ2) is 11.0. The van der Waals surface area contributed by atoms with Gasteiger partial charge in [0.05, 0.1) is 0 Å². The van der Waals surface area contributed by atoms with Crippen LogP contribution in [0.3, 0.4) is 0 Å². The van der Waals surface area contributed by atoms with Crippen molar-refractivity contribution in [3.63, 3.8) is 0 Å². The number of allylic oxidation sites excluding steroid dienone is 1. The molecule has 0 N–H and O–H groups in total. The maximum absolute atomic E-state index is 11.9. The SMILES string of the molecule is CCCCCC(=O)/C(=C/[Se]CC)[Se]CC. The monoisotopic (exact) mass is 342 g/mol. The molecule has 88 valence electrons. The van der Waals surface area contributed by atoms with E-state index in [4.69, 9.17) is 0 Å². The molecule has 0 aromatic carbocycles. The minimum absolute atomic E-state index is 0.431. The van der Waals surface area contributed by atoms with Gasteiger partial charge >= 0.3 is 107 Å². The van der Waals surface area contributed by atoms with Crippen molar-refractivity contribution in [3.05, 3.63) is 9.45 Å². The fourth-order valence-corrected chi connectivity index (χ4v) is 4.93. The molecule has 3 heteroatoms. The second-order valence-electron chi connectivity index (χ2n) is 3.25. The second-order valence-corrected chi connectivity index (χ2v) is 8.40. The Balaban J connectivity index is 4.04. The molecule has 0 bridgehead atoms. The van der Waals surface area contributed by atoms with E-state index in [1.807, 2.05) is 0 Å². The van der Waals surface area contributed by atoms with Gasteiger partial charge in [0.1, 0.15) is 0 Å². The fraction of sp³-hybridized carbons (Fsp3) is 0.750.